The fraction of sp³-hybridized carbons (Fsp3) is 0.458. The van der Waals surface area contributed by atoms with Crippen molar-refractivity contribution in [2.24, 2.45) is 0 Å². The van der Waals surface area contributed by atoms with E-state index in [9.17, 15) is 9.18 Å². The molecule has 1 aliphatic carbocycles. The van der Waals surface area contributed by atoms with Gasteiger partial charge in [0.05, 0.1) is 5.56 Å². The molecule has 2 fully saturated rings. The van der Waals surface area contributed by atoms with Crippen molar-refractivity contribution in [2.45, 2.75) is 43.8 Å². The number of carbonyl (C=O) groups is 1. The molecular formula is C24H26Cl2F2N2O2S. The molecule has 0 atom stereocenters. The maximum absolute atomic E-state index is 15.5. The molecule has 4 rings (SSSR count). The summed E-state index contributed by atoms with van der Waals surface area (Å²) < 4.78 is 38.5. The van der Waals surface area contributed by atoms with E-state index in [-0.39, 0.29) is 18.1 Å². The Hall–Kier alpha value is -1.54. The monoisotopic (exact) mass is 514 g/mol. The molecule has 2 aliphatic rings. The van der Waals surface area contributed by atoms with Gasteiger partial charge in [-0.25, -0.2) is 8.78 Å². The highest BCUT2D eigenvalue weighted by Crippen LogP contribution is 2.45. The lowest BCUT2D eigenvalue weighted by Gasteiger charge is -2.36. The van der Waals surface area contributed by atoms with Gasteiger partial charge >= 0.3 is 0 Å². The van der Waals surface area contributed by atoms with Crippen molar-refractivity contribution in [3.8, 4) is 5.75 Å². The molecular weight excluding hydrogens is 489 g/mol. The van der Waals surface area contributed by atoms with Crippen molar-refractivity contribution in [1.82, 2.24) is 9.62 Å². The average molecular weight is 515 g/mol. The zero-order valence-corrected chi connectivity index (χ0v) is 20.6. The smallest absolute Gasteiger partial charge is 0.264 e. The number of piperidine rings is 1. The number of amides is 1. The molecule has 2 aromatic rings. The number of ether oxygens (including phenoxy) is 1. The number of alkyl halides is 1. The van der Waals surface area contributed by atoms with Crippen LogP contribution >= 0.6 is 35.1 Å². The molecule has 0 bridgehead atoms. The van der Waals surface area contributed by atoms with Crippen molar-refractivity contribution >= 4 is 41.1 Å². The highest BCUT2D eigenvalue weighted by atomic mass is 35.5. The summed E-state index contributed by atoms with van der Waals surface area (Å²) in [6, 6.07) is 8.20. The van der Waals surface area contributed by atoms with Gasteiger partial charge in [-0.1, -0.05) is 35.1 Å². The van der Waals surface area contributed by atoms with E-state index in [1.54, 1.807) is 18.4 Å². The van der Waals surface area contributed by atoms with Crippen LogP contribution in [0, 0.1) is 5.82 Å². The topological polar surface area (TPSA) is 41.6 Å². The van der Waals surface area contributed by atoms with Gasteiger partial charge in [-0.2, -0.15) is 0 Å². The van der Waals surface area contributed by atoms with Crippen LogP contribution in [-0.4, -0.2) is 42.4 Å². The minimum absolute atomic E-state index is 0.0111. The Labute approximate surface area is 207 Å². The van der Waals surface area contributed by atoms with Crippen LogP contribution in [0.1, 0.15) is 53.1 Å². The van der Waals surface area contributed by atoms with Gasteiger partial charge in [0.25, 0.3) is 5.91 Å². The number of nitrogens with one attached hydrogen (secondary N) is 1. The Morgan fingerprint density at radius 3 is 2.45 bits per heavy atom. The third-order valence-corrected chi connectivity index (χ3v) is 6.95. The Balaban J connectivity index is 1.38. The van der Waals surface area contributed by atoms with Crippen LogP contribution in [0.4, 0.5) is 8.78 Å². The zero-order valence-electron chi connectivity index (χ0n) is 18.3. The quantitative estimate of drug-likeness (QED) is 0.413. The van der Waals surface area contributed by atoms with E-state index in [4.69, 9.17) is 27.9 Å². The third-order valence-electron chi connectivity index (χ3n) is 6.12. The van der Waals surface area contributed by atoms with Crippen molar-refractivity contribution in [3.05, 3.63) is 62.9 Å². The van der Waals surface area contributed by atoms with Crippen LogP contribution < -0.4 is 9.46 Å². The standard InChI is InChI=1S/C24H26Cl2F2N2O2S/c1-33-29-23(31)20-11-19(16-2-3-16)22(12-21(20)27)32-14-24(28)4-6-30(7-5-24)13-15-8-17(25)10-18(26)9-15/h8-12,16H,2-7,13-14H2,1H3,(H,29,31). The minimum Gasteiger partial charge on any atom is -0.490 e. The normalized spacial score (nSPS) is 18.2. The van der Waals surface area contributed by atoms with E-state index < -0.39 is 17.4 Å². The SMILES string of the molecule is CSNC(=O)c1cc(C2CC2)c(OCC2(F)CCN(Cc3cc(Cl)cc(Cl)c3)CC2)cc1F. The van der Waals surface area contributed by atoms with Gasteiger partial charge in [-0.05, 0) is 67.0 Å². The fourth-order valence-corrected chi connectivity index (χ4v) is 5.02. The highest BCUT2D eigenvalue weighted by Gasteiger charge is 2.36. The lowest BCUT2D eigenvalue weighted by Crippen LogP contribution is -2.44. The molecule has 0 radical (unpaired) electrons. The lowest BCUT2D eigenvalue weighted by atomic mass is 9.94. The molecule has 0 spiro atoms. The number of carbonyl (C=O) groups excluding carboxylic acids is 1. The summed E-state index contributed by atoms with van der Waals surface area (Å²) >= 11 is 13.3. The zero-order chi connectivity index (χ0) is 23.6. The number of nitrogens with zero attached hydrogens (tertiary/aromatic N) is 1. The number of halogens is 4. The number of benzene rings is 2. The van der Waals surface area contributed by atoms with Crippen molar-refractivity contribution in [1.29, 1.82) is 0 Å². The first-order chi connectivity index (χ1) is 15.8. The second kappa shape index (κ2) is 10.4. The van der Waals surface area contributed by atoms with Crippen molar-refractivity contribution < 1.29 is 18.3 Å². The van der Waals surface area contributed by atoms with E-state index in [0.29, 0.717) is 48.3 Å². The molecule has 4 nitrogen and oxygen atoms in total. The Morgan fingerprint density at radius 1 is 1.18 bits per heavy atom. The first-order valence-electron chi connectivity index (χ1n) is 10.9. The first kappa shape index (κ1) is 24.6. The number of hydrogen-bond donors (Lipinski definition) is 1. The van der Waals surface area contributed by atoms with Gasteiger partial charge < -0.3 is 4.74 Å². The van der Waals surface area contributed by atoms with E-state index in [1.807, 2.05) is 12.1 Å². The molecule has 1 aliphatic heterocycles. The predicted octanol–water partition coefficient (Wildman–Crippen LogP) is 6.40. The fourth-order valence-electron chi connectivity index (χ4n) is 4.16. The molecule has 0 unspecified atom stereocenters. The average Bonchev–Trinajstić information content (AvgIpc) is 3.59. The summed E-state index contributed by atoms with van der Waals surface area (Å²) in [7, 11) is 0. The molecule has 0 aromatic heterocycles. The van der Waals surface area contributed by atoms with Crippen LogP contribution in [0.3, 0.4) is 0 Å². The maximum Gasteiger partial charge on any atom is 0.264 e. The van der Waals surface area contributed by atoms with Crippen molar-refractivity contribution in [2.75, 3.05) is 26.0 Å². The lowest BCUT2D eigenvalue weighted by molar-refractivity contribution is 0.0148. The summed E-state index contributed by atoms with van der Waals surface area (Å²) in [4.78, 5) is 14.3. The summed E-state index contributed by atoms with van der Waals surface area (Å²) in [5.41, 5.74) is 0.268. The second-order valence-corrected chi connectivity index (χ2v) is 10.3. The molecule has 1 saturated heterocycles. The van der Waals surface area contributed by atoms with Gasteiger partial charge in [-0.15, -0.1) is 0 Å². The highest BCUT2D eigenvalue weighted by molar-refractivity contribution is 7.97. The molecule has 1 heterocycles. The van der Waals surface area contributed by atoms with Gasteiger partial charge in [0.2, 0.25) is 0 Å². The van der Waals surface area contributed by atoms with Crippen LogP contribution in [-0.2, 0) is 6.54 Å². The number of likely N-dealkylation sites (tertiary alicyclic amines) is 1. The van der Waals surface area contributed by atoms with Gasteiger partial charge in [0.1, 0.15) is 23.8 Å². The molecule has 1 N–H and O–H groups in total. The van der Waals surface area contributed by atoms with Gasteiger partial charge in [0, 0.05) is 42.0 Å². The maximum atomic E-state index is 15.5. The summed E-state index contributed by atoms with van der Waals surface area (Å²) in [6.07, 6.45) is 4.24. The summed E-state index contributed by atoms with van der Waals surface area (Å²) in [5.74, 6) is -0.584. The molecule has 178 valence electrons. The van der Waals surface area contributed by atoms with Gasteiger partial charge in [-0.3, -0.25) is 14.4 Å². The first-order valence-corrected chi connectivity index (χ1v) is 12.9. The van der Waals surface area contributed by atoms with Crippen LogP contribution in [0.15, 0.2) is 30.3 Å². The van der Waals surface area contributed by atoms with E-state index >= 15 is 4.39 Å². The second-order valence-electron chi connectivity index (χ2n) is 8.77. The Kier molecular flexibility index (Phi) is 7.73. The van der Waals surface area contributed by atoms with E-state index in [2.05, 4.69) is 9.62 Å². The van der Waals surface area contributed by atoms with E-state index in [1.165, 1.54) is 6.07 Å². The van der Waals surface area contributed by atoms with Crippen LogP contribution in [0.5, 0.6) is 5.75 Å². The van der Waals surface area contributed by atoms with Crippen LogP contribution in [0.25, 0.3) is 0 Å². The number of rotatable bonds is 8. The minimum atomic E-state index is -1.49. The summed E-state index contributed by atoms with van der Waals surface area (Å²) in [6.45, 7) is 1.65. The van der Waals surface area contributed by atoms with Crippen LogP contribution in [0.2, 0.25) is 10.0 Å². The molecule has 33 heavy (non-hydrogen) atoms. The predicted molar refractivity (Wildman–Crippen MR) is 130 cm³/mol. The van der Waals surface area contributed by atoms with E-state index in [0.717, 1.165) is 35.9 Å². The molecule has 1 saturated carbocycles. The van der Waals surface area contributed by atoms with Gasteiger partial charge in [0.15, 0.2) is 0 Å². The Bertz CT molecular complexity index is 1010. The molecule has 1 amide bonds. The van der Waals surface area contributed by atoms with Crippen molar-refractivity contribution in [3.63, 3.8) is 0 Å². The molecule has 9 heteroatoms. The molecule has 2 aromatic carbocycles. The summed E-state index contributed by atoms with van der Waals surface area (Å²) in [5, 5.41) is 1.16. The Morgan fingerprint density at radius 2 is 1.85 bits per heavy atom. The number of hydrogen-bond acceptors (Lipinski definition) is 4. The largest absolute Gasteiger partial charge is 0.490 e. The third kappa shape index (κ3) is 6.32.